The van der Waals surface area contributed by atoms with Crippen LogP contribution in [0.1, 0.15) is 22.2 Å². The van der Waals surface area contributed by atoms with Crippen LogP contribution in [0.5, 0.6) is 0 Å². The van der Waals surface area contributed by atoms with Crippen molar-refractivity contribution in [2.24, 2.45) is 0 Å². The van der Waals surface area contributed by atoms with Crippen LogP contribution in [-0.2, 0) is 13.0 Å². The topological polar surface area (TPSA) is 61.8 Å². The third-order valence-corrected chi connectivity index (χ3v) is 3.91. The Balaban J connectivity index is 2.08. The molecule has 1 aromatic carbocycles. The second kappa shape index (κ2) is 5.56. The molecule has 18 heavy (non-hydrogen) atoms. The Hall–Kier alpha value is -1.99. The maximum Gasteiger partial charge on any atom is 0.101 e. The van der Waals surface area contributed by atoms with Gasteiger partial charge >= 0.3 is 0 Å². The number of hydrogen-bond acceptors (Lipinski definition) is 4. The van der Waals surface area contributed by atoms with Crippen molar-refractivity contribution in [3.05, 3.63) is 45.6 Å². The molecule has 0 bridgehead atoms. The molecule has 2 rings (SSSR count). The van der Waals surface area contributed by atoms with Gasteiger partial charge in [0.15, 0.2) is 0 Å². The minimum absolute atomic E-state index is 0.585. The summed E-state index contributed by atoms with van der Waals surface area (Å²) in [6, 6.07) is 11.8. The molecular weight excluding hydrogens is 242 g/mol. The minimum atomic E-state index is 0.585. The number of nitrogens with one attached hydrogen (secondary N) is 1. The lowest BCUT2D eigenvalue weighted by Gasteiger charge is -2.07. The van der Waals surface area contributed by atoms with Crippen LogP contribution in [0.4, 0.5) is 11.4 Å². The third kappa shape index (κ3) is 2.82. The molecule has 0 aliphatic rings. The van der Waals surface area contributed by atoms with E-state index in [-0.39, 0.29) is 0 Å². The molecule has 1 aromatic heterocycles. The number of nitrogens with two attached hydrogens (primary N) is 1. The Morgan fingerprint density at radius 1 is 1.28 bits per heavy atom. The zero-order valence-electron chi connectivity index (χ0n) is 10.2. The molecule has 0 aliphatic heterocycles. The molecule has 0 fully saturated rings. The number of benzene rings is 1. The first-order chi connectivity index (χ1) is 8.72. The SMILES string of the molecule is CCc1ccc(CNc2ccc(N)cc2C#N)s1. The predicted molar refractivity (Wildman–Crippen MR) is 76.6 cm³/mol. The van der Waals surface area contributed by atoms with Crippen molar-refractivity contribution in [3.63, 3.8) is 0 Å². The van der Waals surface area contributed by atoms with E-state index in [1.165, 1.54) is 9.75 Å². The zero-order chi connectivity index (χ0) is 13.0. The van der Waals surface area contributed by atoms with E-state index >= 15 is 0 Å². The summed E-state index contributed by atoms with van der Waals surface area (Å²) in [6.45, 7) is 2.89. The van der Waals surface area contributed by atoms with Crippen molar-refractivity contribution < 1.29 is 0 Å². The Labute approximate surface area is 111 Å². The van der Waals surface area contributed by atoms with Crippen LogP contribution >= 0.6 is 11.3 Å². The van der Waals surface area contributed by atoms with Gasteiger partial charge in [-0.15, -0.1) is 11.3 Å². The quantitative estimate of drug-likeness (QED) is 0.825. The van der Waals surface area contributed by atoms with E-state index in [1.807, 2.05) is 6.07 Å². The lowest BCUT2D eigenvalue weighted by atomic mass is 10.1. The van der Waals surface area contributed by atoms with Crippen molar-refractivity contribution in [1.82, 2.24) is 0 Å². The molecule has 1 heterocycles. The first kappa shape index (κ1) is 12.5. The van der Waals surface area contributed by atoms with Crippen LogP contribution in [-0.4, -0.2) is 0 Å². The molecule has 0 spiro atoms. The highest BCUT2D eigenvalue weighted by atomic mass is 32.1. The monoisotopic (exact) mass is 257 g/mol. The number of thiophene rings is 1. The van der Waals surface area contributed by atoms with Gasteiger partial charge in [-0.25, -0.2) is 0 Å². The second-order valence-corrected chi connectivity index (χ2v) is 5.24. The number of nitrogen functional groups attached to an aromatic ring is 1. The van der Waals surface area contributed by atoms with Gasteiger partial charge in [0, 0.05) is 22.0 Å². The van der Waals surface area contributed by atoms with Gasteiger partial charge < -0.3 is 11.1 Å². The first-order valence-corrected chi connectivity index (χ1v) is 6.65. The lowest BCUT2D eigenvalue weighted by Crippen LogP contribution is -2.00. The standard InChI is InChI=1S/C14H15N3S/c1-2-12-4-5-13(18-12)9-17-14-6-3-11(16)7-10(14)8-15/h3-7,17H,2,9,16H2,1H3. The first-order valence-electron chi connectivity index (χ1n) is 5.84. The van der Waals surface area contributed by atoms with Gasteiger partial charge in [-0.1, -0.05) is 6.92 Å². The number of rotatable bonds is 4. The fourth-order valence-electron chi connectivity index (χ4n) is 1.70. The highest BCUT2D eigenvalue weighted by molar-refractivity contribution is 7.12. The second-order valence-electron chi connectivity index (χ2n) is 3.99. The summed E-state index contributed by atoms with van der Waals surface area (Å²) < 4.78 is 0. The van der Waals surface area contributed by atoms with Crippen molar-refractivity contribution in [3.8, 4) is 6.07 Å². The molecule has 0 amide bonds. The molecular formula is C14H15N3S. The van der Waals surface area contributed by atoms with Gasteiger partial charge in [0.2, 0.25) is 0 Å². The van der Waals surface area contributed by atoms with Gasteiger partial charge in [-0.3, -0.25) is 0 Å². The van der Waals surface area contributed by atoms with Crippen molar-refractivity contribution in [1.29, 1.82) is 5.26 Å². The minimum Gasteiger partial charge on any atom is -0.399 e. The number of hydrogen-bond donors (Lipinski definition) is 2. The predicted octanol–water partition coefficient (Wildman–Crippen LogP) is 3.38. The van der Waals surface area contributed by atoms with Crippen LogP contribution < -0.4 is 11.1 Å². The van der Waals surface area contributed by atoms with E-state index in [4.69, 9.17) is 11.0 Å². The maximum atomic E-state index is 9.04. The summed E-state index contributed by atoms with van der Waals surface area (Å²) in [4.78, 5) is 2.65. The highest BCUT2D eigenvalue weighted by Crippen LogP contribution is 2.21. The number of anilines is 2. The Morgan fingerprint density at radius 2 is 2.06 bits per heavy atom. The van der Waals surface area contributed by atoms with Gasteiger partial charge in [-0.2, -0.15) is 5.26 Å². The number of nitriles is 1. The van der Waals surface area contributed by atoms with Gasteiger partial charge in [0.05, 0.1) is 11.3 Å². The molecule has 3 N–H and O–H groups in total. The van der Waals surface area contributed by atoms with Crippen LogP contribution in [0.3, 0.4) is 0 Å². The average molecular weight is 257 g/mol. The fourth-order valence-corrected chi connectivity index (χ4v) is 2.60. The molecule has 0 saturated carbocycles. The molecule has 0 saturated heterocycles. The van der Waals surface area contributed by atoms with Crippen LogP contribution in [0.25, 0.3) is 0 Å². The molecule has 0 unspecified atom stereocenters. The van der Waals surface area contributed by atoms with E-state index in [0.29, 0.717) is 11.3 Å². The van der Waals surface area contributed by atoms with Crippen LogP contribution in [0.2, 0.25) is 0 Å². The van der Waals surface area contributed by atoms with Crippen molar-refractivity contribution >= 4 is 22.7 Å². The summed E-state index contributed by atoms with van der Waals surface area (Å²) in [5.74, 6) is 0. The largest absolute Gasteiger partial charge is 0.399 e. The van der Waals surface area contributed by atoms with Crippen LogP contribution in [0, 0.1) is 11.3 Å². The van der Waals surface area contributed by atoms with Crippen molar-refractivity contribution in [2.45, 2.75) is 19.9 Å². The zero-order valence-corrected chi connectivity index (χ0v) is 11.1. The smallest absolute Gasteiger partial charge is 0.101 e. The Bertz CT molecular complexity index is 581. The molecule has 0 atom stereocenters. The highest BCUT2D eigenvalue weighted by Gasteiger charge is 2.03. The molecule has 92 valence electrons. The van der Waals surface area contributed by atoms with E-state index in [1.54, 1.807) is 23.5 Å². The third-order valence-electron chi connectivity index (χ3n) is 2.68. The molecule has 2 aromatic rings. The summed E-state index contributed by atoms with van der Waals surface area (Å²) in [7, 11) is 0. The summed E-state index contributed by atoms with van der Waals surface area (Å²) in [5.41, 5.74) is 7.68. The summed E-state index contributed by atoms with van der Waals surface area (Å²) >= 11 is 1.80. The number of aryl methyl sites for hydroxylation is 1. The average Bonchev–Trinajstić information content (AvgIpc) is 2.85. The molecule has 3 nitrogen and oxygen atoms in total. The molecule has 0 aliphatic carbocycles. The van der Waals surface area contributed by atoms with Gasteiger partial charge in [-0.05, 0) is 36.8 Å². The van der Waals surface area contributed by atoms with Crippen LogP contribution in [0.15, 0.2) is 30.3 Å². The number of nitrogens with zero attached hydrogens (tertiary/aromatic N) is 1. The van der Waals surface area contributed by atoms with E-state index in [2.05, 4.69) is 30.4 Å². The lowest BCUT2D eigenvalue weighted by molar-refractivity contribution is 1.19. The Morgan fingerprint density at radius 3 is 2.72 bits per heavy atom. The van der Waals surface area contributed by atoms with Gasteiger partial charge in [0.25, 0.3) is 0 Å². The molecule has 0 radical (unpaired) electrons. The van der Waals surface area contributed by atoms with E-state index < -0.39 is 0 Å². The van der Waals surface area contributed by atoms with E-state index in [9.17, 15) is 0 Å². The maximum absolute atomic E-state index is 9.04. The van der Waals surface area contributed by atoms with Gasteiger partial charge in [0.1, 0.15) is 6.07 Å². The normalized spacial score (nSPS) is 10.0. The Kier molecular flexibility index (Phi) is 3.85. The molecule has 4 heteroatoms. The van der Waals surface area contributed by atoms with E-state index in [0.717, 1.165) is 18.7 Å². The fraction of sp³-hybridized carbons (Fsp3) is 0.214. The summed E-state index contributed by atoms with van der Waals surface area (Å²) in [5, 5.41) is 12.3. The summed E-state index contributed by atoms with van der Waals surface area (Å²) in [6.07, 6.45) is 1.07. The van der Waals surface area contributed by atoms with Crippen molar-refractivity contribution in [2.75, 3.05) is 11.1 Å².